The van der Waals surface area contributed by atoms with Crippen molar-refractivity contribution in [2.75, 3.05) is 5.32 Å². The molecular weight excluding hydrogens is 210 g/mol. The molecule has 1 aromatic carbocycles. The van der Waals surface area contributed by atoms with Gasteiger partial charge in [0, 0.05) is 12.1 Å². The van der Waals surface area contributed by atoms with Crippen LogP contribution in [0.4, 0.5) is 5.69 Å². The Bertz CT molecular complexity index is 340. The van der Waals surface area contributed by atoms with Gasteiger partial charge in [0.2, 0.25) is 5.91 Å². The number of carbonyl (C=O) groups is 1. The van der Waals surface area contributed by atoms with Gasteiger partial charge in [0.1, 0.15) is 0 Å². The predicted octanol–water partition coefficient (Wildman–Crippen LogP) is 4.01. The third-order valence-corrected chi connectivity index (χ3v) is 2.73. The summed E-state index contributed by atoms with van der Waals surface area (Å²) in [6.07, 6.45) is 3.80. The first-order chi connectivity index (χ1) is 8.11. The molecule has 0 bridgehead atoms. The highest BCUT2D eigenvalue weighted by Gasteiger charge is 2.03. The summed E-state index contributed by atoms with van der Waals surface area (Å²) in [5.74, 6) is 0.689. The molecule has 2 heteroatoms. The number of anilines is 1. The van der Waals surface area contributed by atoms with Gasteiger partial charge in [-0.05, 0) is 36.5 Å². The maximum Gasteiger partial charge on any atom is 0.224 e. The molecule has 0 heterocycles. The molecule has 1 rings (SSSR count). The van der Waals surface area contributed by atoms with Crippen LogP contribution in [0.25, 0.3) is 0 Å². The Balaban J connectivity index is 2.43. The fourth-order valence-electron chi connectivity index (χ4n) is 1.69. The lowest BCUT2D eigenvalue weighted by Gasteiger charge is -2.07. The highest BCUT2D eigenvalue weighted by Crippen LogP contribution is 2.12. The van der Waals surface area contributed by atoms with Crippen molar-refractivity contribution in [1.29, 1.82) is 0 Å². The smallest absolute Gasteiger partial charge is 0.224 e. The normalized spacial score (nSPS) is 10.6. The molecule has 1 N–H and O–H groups in total. The third kappa shape index (κ3) is 5.53. The van der Waals surface area contributed by atoms with E-state index in [1.165, 1.54) is 5.56 Å². The van der Waals surface area contributed by atoms with Crippen molar-refractivity contribution in [1.82, 2.24) is 0 Å². The van der Waals surface area contributed by atoms with Gasteiger partial charge in [0.05, 0.1) is 0 Å². The van der Waals surface area contributed by atoms with E-state index in [0.29, 0.717) is 12.3 Å². The van der Waals surface area contributed by atoms with E-state index >= 15 is 0 Å². The largest absolute Gasteiger partial charge is 0.326 e. The zero-order valence-electron chi connectivity index (χ0n) is 11.1. The van der Waals surface area contributed by atoms with Crippen LogP contribution < -0.4 is 5.32 Å². The lowest BCUT2D eigenvalue weighted by Crippen LogP contribution is -2.12. The van der Waals surface area contributed by atoms with Gasteiger partial charge in [-0.1, -0.05) is 39.3 Å². The summed E-state index contributed by atoms with van der Waals surface area (Å²) in [4.78, 5) is 11.6. The molecule has 2 nitrogen and oxygen atoms in total. The number of carbonyl (C=O) groups excluding carboxylic acids is 1. The van der Waals surface area contributed by atoms with Crippen LogP contribution >= 0.6 is 0 Å². The van der Waals surface area contributed by atoms with Crippen LogP contribution in [0, 0.1) is 5.92 Å². The molecule has 0 spiro atoms. The second-order valence-electron chi connectivity index (χ2n) is 4.93. The molecule has 0 unspecified atom stereocenters. The van der Waals surface area contributed by atoms with Gasteiger partial charge in [-0.15, -0.1) is 0 Å². The van der Waals surface area contributed by atoms with Crippen LogP contribution in [-0.4, -0.2) is 5.91 Å². The van der Waals surface area contributed by atoms with E-state index in [0.717, 1.165) is 24.9 Å². The first-order valence-corrected chi connectivity index (χ1v) is 6.50. The Morgan fingerprint density at radius 1 is 1.24 bits per heavy atom. The van der Waals surface area contributed by atoms with Crippen molar-refractivity contribution < 1.29 is 4.79 Å². The zero-order chi connectivity index (χ0) is 12.7. The molecule has 0 aromatic heterocycles. The molecule has 1 aromatic rings. The summed E-state index contributed by atoms with van der Waals surface area (Å²) in [7, 11) is 0. The van der Waals surface area contributed by atoms with Crippen molar-refractivity contribution in [2.45, 2.75) is 46.5 Å². The molecule has 0 aliphatic heterocycles. The van der Waals surface area contributed by atoms with E-state index in [4.69, 9.17) is 0 Å². The minimum atomic E-state index is 0.113. The minimum absolute atomic E-state index is 0.113. The first-order valence-electron chi connectivity index (χ1n) is 6.50. The highest BCUT2D eigenvalue weighted by atomic mass is 16.1. The molecule has 0 radical (unpaired) electrons. The number of rotatable bonds is 6. The number of hydrogen-bond donors (Lipinski definition) is 1. The summed E-state index contributed by atoms with van der Waals surface area (Å²) >= 11 is 0. The number of benzene rings is 1. The van der Waals surface area contributed by atoms with Crippen LogP contribution in [0.15, 0.2) is 24.3 Å². The first kappa shape index (κ1) is 13.8. The fourth-order valence-corrected chi connectivity index (χ4v) is 1.69. The molecule has 17 heavy (non-hydrogen) atoms. The molecule has 0 saturated carbocycles. The topological polar surface area (TPSA) is 29.1 Å². The van der Waals surface area contributed by atoms with E-state index in [1.807, 2.05) is 12.1 Å². The summed E-state index contributed by atoms with van der Waals surface area (Å²) in [5, 5.41) is 2.93. The number of aryl methyl sites for hydroxylation is 1. The van der Waals surface area contributed by atoms with Crippen LogP contribution in [0.5, 0.6) is 0 Å². The van der Waals surface area contributed by atoms with E-state index in [9.17, 15) is 4.79 Å². The average molecular weight is 233 g/mol. The maximum atomic E-state index is 11.6. The van der Waals surface area contributed by atoms with Crippen molar-refractivity contribution in [3.63, 3.8) is 0 Å². The standard InChI is InChI=1S/C15H23NO/c1-4-5-13-7-9-14(10-8-13)16-15(17)11-6-12(2)3/h7-10,12H,4-6,11H2,1-3H3,(H,16,17). The molecule has 0 aliphatic rings. The van der Waals surface area contributed by atoms with E-state index in [1.54, 1.807) is 0 Å². The van der Waals surface area contributed by atoms with Crippen LogP contribution in [0.1, 0.15) is 45.6 Å². The highest BCUT2D eigenvalue weighted by molar-refractivity contribution is 5.90. The second-order valence-corrected chi connectivity index (χ2v) is 4.93. The Hall–Kier alpha value is -1.31. The SMILES string of the molecule is CCCc1ccc(NC(=O)CCC(C)C)cc1. The lowest BCUT2D eigenvalue weighted by atomic mass is 10.1. The van der Waals surface area contributed by atoms with Gasteiger partial charge in [0.25, 0.3) is 0 Å². The molecule has 0 atom stereocenters. The van der Waals surface area contributed by atoms with Gasteiger partial charge in [0.15, 0.2) is 0 Å². The summed E-state index contributed by atoms with van der Waals surface area (Å²) < 4.78 is 0. The molecule has 0 saturated heterocycles. The van der Waals surface area contributed by atoms with Gasteiger partial charge in [-0.2, -0.15) is 0 Å². The van der Waals surface area contributed by atoms with E-state index in [-0.39, 0.29) is 5.91 Å². The van der Waals surface area contributed by atoms with Gasteiger partial charge < -0.3 is 5.32 Å². The monoisotopic (exact) mass is 233 g/mol. The molecule has 0 fully saturated rings. The van der Waals surface area contributed by atoms with Crippen LogP contribution in [0.3, 0.4) is 0 Å². The molecule has 0 aliphatic carbocycles. The quantitative estimate of drug-likeness (QED) is 0.790. The number of hydrogen-bond acceptors (Lipinski definition) is 1. The Labute approximate surface area is 104 Å². The van der Waals surface area contributed by atoms with E-state index < -0.39 is 0 Å². The van der Waals surface area contributed by atoms with Crippen molar-refractivity contribution in [2.24, 2.45) is 5.92 Å². The van der Waals surface area contributed by atoms with Crippen LogP contribution in [0.2, 0.25) is 0 Å². The summed E-state index contributed by atoms with van der Waals surface area (Å²) in [6, 6.07) is 8.14. The lowest BCUT2D eigenvalue weighted by molar-refractivity contribution is -0.116. The Morgan fingerprint density at radius 2 is 1.88 bits per heavy atom. The predicted molar refractivity (Wildman–Crippen MR) is 73.1 cm³/mol. The number of nitrogens with one attached hydrogen (secondary N) is 1. The molecule has 94 valence electrons. The Kier molecular flexibility index (Phi) is 5.75. The average Bonchev–Trinajstić information content (AvgIpc) is 2.29. The molecule has 1 amide bonds. The van der Waals surface area contributed by atoms with Crippen molar-refractivity contribution in [3.8, 4) is 0 Å². The summed E-state index contributed by atoms with van der Waals surface area (Å²) in [5.41, 5.74) is 2.23. The maximum absolute atomic E-state index is 11.6. The molecular formula is C15H23NO. The number of amides is 1. The zero-order valence-corrected chi connectivity index (χ0v) is 11.1. The second kappa shape index (κ2) is 7.10. The third-order valence-electron chi connectivity index (χ3n) is 2.73. The van der Waals surface area contributed by atoms with Gasteiger partial charge in [-0.25, -0.2) is 0 Å². The van der Waals surface area contributed by atoms with Gasteiger partial charge in [-0.3, -0.25) is 4.79 Å². The summed E-state index contributed by atoms with van der Waals surface area (Å²) in [6.45, 7) is 6.43. The minimum Gasteiger partial charge on any atom is -0.326 e. The van der Waals surface area contributed by atoms with Crippen LogP contribution in [-0.2, 0) is 11.2 Å². The Morgan fingerprint density at radius 3 is 2.41 bits per heavy atom. The van der Waals surface area contributed by atoms with Gasteiger partial charge >= 0.3 is 0 Å². The van der Waals surface area contributed by atoms with E-state index in [2.05, 4.69) is 38.2 Å². The van der Waals surface area contributed by atoms with Crippen molar-refractivity contribution in [3.05, 3.63) is 29.8 Å². The fraction of sp³-hybridized carbons (Fsp3) is 0.533. The van der Waals surface area contributed by atoms with Crippen molar-refractivity contribution >= 4 is 11.6 Å².